The molecule has 2 N–H and O–H groups in total. The van der Waals surface area contributed by atoms with Gasteiger partial charge in [0.2, 0.25) is 11.8 Å². The maximum Gasteiger partial charge on any atom is 0.240 e. The van der Waals surface area contributed by atoms with Crippen molar-refractivity contribution in [2.45, 2.75) is 51.6 Å². The van der Waals surface area contributed by atoms with Gasteiger partial charge >= 0.3 is 0 Å². The van der Waals surface area contributed by atoms with Gasteiger partial charge in [0.1, 0.15) is 0 Å². The summed E-state index contributed by atoms with van der Waals surface area (Å²) >= 11 is 0. The highest BCUT2D eigenvalue weighted by Gasteiger charge is 2.48. The van der Waals surface area contributed by atoms with E-state index in [1.54, 1.807) is 0 Å². The van der Waals surface area contributed by atoms with E-state index in [1.807, 2.05) is 20.8 Å². The fourth-order valence-corrected chi connectivity index (χ4v) is 3.12. The summed E-state index contributed by atoms with van der Waals surface area (Å²) in [4.78, 5) is 16.6. The quantitative estimate of drug-likeness (QED) is 0.856. The van der Waals surface area contributed by atoms with Crippen LogP contribution in [-0.4, -0.2) is 41.8 Å². The van der Waals surface area contributed by atoms with Gasteiger partial charge in [0.25, 0.3) is 0 Å². The molecule has 0 aliphatic carbocycles. The van der Waals surface area contributed by atoms with Crippen LogP contribution < -0.4 is 10.6 Å². The number of carbonyl (C=O) groups is 1. The summed E-state index contributed by atoms with van der Waals surface area (Å²) in [7, 11) is 0. The predicted molar refractivity (Wildman–Crippen MR) is 79.1 cm³/mol. The first kappa shape index (κ1) is 15.4. The molecule has 1 spiro atoms. The minimum atomic E-state index is -0.221. The molecule has 0 bridgehead atoms. The molecule has 7 nitrogen and oxygen atoms in total. The third kappa shape index (κ3) is 2.87. The molecule has 22 heavy (non-hydrogen) atoms. The third-order valence-electron chi connectivity index (χ3n) is 4.57. The molecular formula is C15H24N4O3. The Kier molecular flexibility index (Phi) is 3.94. The number of rotatable bonds is 3. The molecule has 2 fully saturated rings. The molecule has 1 unspecified atom stereocenters. The van der Waals surface area contributed by atoms with Crippen molar-refractivity contribution in [1.29, 1.82) is 0 Å². The molecule has 3 heterocycles. The zero-order valence-corrected chi connectivity index (χ0v) is 13.4. The Labute approximate surface area is 130 Å². The van der Waals surface area contributed by atoms with E-state index >= 15 is 0 Å². The Morgan fingerprint density at radius 2 is 2.09 bits per heavy atom. The Morgan fingerprint density at radius 3 is 2.73 bits per heavy atom. The minimum Gasteiger partial charge on any atom is -0.381 e. The lowest BCUT2D eigenvalue weighted by Gasteiger charge is -2.36. The van der Waals surface area contributed by atoms with Crippen LogP contribution in [0.3, 0.4) is 0 Å². The van der Waals surface area contributed by atoms with Crippen LogP contribution in [0.1, 0.15) is 45.3 Å². The van der Waals surface area contributed by atoms with Crippen LogP contribution in [0, 0.1) is 5.41 Å². The third-order valence-corrected chi connectivity index (χ3v) is 4.57. The predicted octanol–water partition coefficient (Wildman–Crippen LogP) is 0.752. The van der Waals surface area contributed by atoms with E-state index in [4.69, 9.17) is 9.26 Å². The van der Waals surface area contributed by atoms with Gasteiger partial charge in [0.05, 0.1) is 12.6 Å². The second-order valence-electron chi connectivity index (χ2n) is 7.27. The summed E-state index contributed by atoms with van der Waals surface area (Å²) in [6.45, 7) is 8.65. The van der Waals surface area contributed by atoms with E-state index in [2.05, 4.69) is 20.8 Å². The second-order valence-corrected chi connectivity index (χ2v) is 7.27. The molecule has 1 aromatic heterocycles. The van der Waals surface area contributed by atoms with Crippen LogP contribution in [-0.2, 0) is 21.5 Å². The average Bonchev–Trinajstić information content (AvgIpc) is 3.05. The molecule has 7 heteroatoms. The van der Waals surface area contributed by atoms with E-state index in [0.29, 0.717) is 38.0 Å². The molecule has 122 valence electrons. The molecule has 2 aliphatic rings. The maximum absolute atomic E-state index is 12.2. The van der Waals surface area contributed by atoms with E-state index < -0.39 is 0 Å². The monoisotopic (exact) mass is 308 g/mol. The number of amides is 1. The lowest BCUT2D eigenvalue weighted by molar-refractivity contribution is -0.122. The Morgan fingerprint density at radius 1 is 1.36 bits per heavy atom. The van der Waals surface area contributed by atoms with Crippen molar-refractivity contribution in [1.82, 2.24) is 20.8 Å². The summed E-state index contributed by atoms with van der Waals surface area (Å²) in [5.41, 5.74) is -0.198. The van der Waals surface area contributed by atoms with Crippen molar-refractivity contribution < 1.29 is 14.1 Å². The number of hydrogen-bond acceptors (Lipinski definition) is 6. The zero-order valence-electron chi connectivity index (χ0n) is 13.4. The Bertz CT molecular complexity index is 543. The summed E-state index contributed by atoms with van der Waals surface area (Å²) in [5.74, 6) is 1.25. The van der Waals surface area contributed by atoms with Gasteiger partial charge < -0.3 is 14.6 Å². The van der Waals surface area contributed by atoms with Gasteiger partial charge in [0, 0.05) is 30.6 Å². The van der Waals surface area contributed by atoms with Crippen LogP contribution in [0.2, 0.25) is 0 Å². The largest absolute Gasteiger partial charge is 0.381 e. The first-order chi connectivity index (χ1) is 10.4. The van der Waals surface area contributed by atoms with Gasteiger partial charge in [-0.3, -0.25) is 10.1 Å². The molecular weight excluding hydrogens is 284 g/mol. The lowest BCUT2D eigenvalue weighted by Crippen LogP contribution is -2.49. The lowest BCUT2D eigenvalue weighted by atomic mass is 9.76. The fraction of sp³-hybridized carbons (Fsp3) is 0.800. The fourth-order valence-electron chi connectivity index (χ4n) is 3.12. The molecule has 0 aromatic carbocycles. The highest BCUT2D eigenvalue weighted by molar-refractivity contribution is 5.85. The molecule has 1 atom stereocenters. The molecule has 0 radical (unpaired) electrons. The van der Waals surface area contributed by atoms with E-state index in [-0.39, 0.29) is 22.8 Å². The average molecular weight is 308 g/mol. The van der Waals surface area contributed by atoms with Crippen molar-refractivity contribution in [2.75, 3.05) is 19.8 Å². The Balaban J connectivity index is 1.67. The van der Waals surface area contributed by atoms with Crippen molar-refractivity contribution in [2.24, 2.45) is 5.41 Å². The minimum absolute atomic E-state index is 0.0532. The van der Waals surface area contributed by atoms with Crippen molar-refractivity contribution in [3.63, 3.8) is 0 Å². The molecule has 3 rings (SSSR count). The molecule has 1 amide bonds. The highest BCUT2D eigenvalue weighted by Crippen LogP contribution is 2.37. The SMILES string of the molecule is CC(C)(C)c1noc(CNC2C(=O)NCC23CCOCC3)n1. The number of carbonyl (C=O) groups excluding carboxylic acids is 1. The maximum atomic E-state index is 12.2. The highest BCUT2D eigenvalue weighted by atomic mass is 16.5. The summed E-state index contributed by atoms with van der Waals surface area (Å²) in [5, 5.41) is 10.3. The molecule has 2 saturated heterocycles. The van der Waals surface area contributed by atoms with Crippen LogP contribution in [0.25, 0.3) is 0 Å². The zero-order chi connectivity index (χ0) is 15.8. The van der Waals surface area contributed by atoms with Crippen LogP contribution in [0.15, 0.2) is 4.52 Å². The first-order valence-corrected chi connectivity index (χ1v) is 7.83. The summed E-state index contributed by atoms with van der Waals surface area (Å²) in [6, 6.07) is -0.221. The van der Waals surface area contributed by atoms with Gasteiger partial charge in [-0.05, 0) is 12.8 Å². The smallest absolute Gasteiger partial charge is 0.240 e. The van der Waals surface area contributed by atoms with Gasteiger partial charge in [-0.1, -0.05) is 25.9 Å². The summed E-state index contributed by atoms with van der Waals surface area (Å²) in [6.07, 6.45) is 1.78. The van der Waals surface area contributed by atoms with Crippen molar-refractivity contribution >= 4 is 5.91 Å². The normalized spacial score (nSPS) is 24.7. The Hall–Kier alpha value is -1.47. The van der Waals surface area contributed by atoms with E-state index in [1.165, 1.54) is 0 Å². The molecule has 2 aliphatic heterocycles. The number of aromatic nitrogens is 2. The number of ether oxygens (including phenoxy) is 1. The van der Waals surface area contributed by atoms with E-state index in [9.17, 15) is 4.79 Å². The molecule has 0 saturated carbocycles. The van der Waals surface area contributed by atoms with Gasteiger partial charge in [-0.25, -0.2) is 0 Å². The van der Waals surface area contributed by atoms with Crippen molar-refractivity contribution in [3.05, 3.63) is 11.7 Å². The van der Waals surface area contributed by atoms with Gasteiger partial charge in [-0.2, -0.15) is 4.98 Å². The topological polar surface area (TPSA) is 89.3 Å². The van der Waals surface area contributed by atoms with Crippen LogP contribution >= 0.6 is 0 Å². The van der Waals surface area contributed by atoms with Gasteiger partial charge in [-0.15, -0.1) is 0 Å². The standard InChI is InChI=1S/C15H24N4O3/c1-14(2,3)13-18-10(22-19-13)8-16-11-12(20)17-9-15(11)4-6-21-7-5-15/h11,16H,4-9H2,1-3H3,(H,17,20). The van der Waals surface area contributed by atoms with Crippen molar-refractivity contribution in [3.8, 4) is 0 Å². The van der Waals surface area contributed by atoms with Crippen LogP contribution in [0.5, 0.6) is 0 Å². The first-order valence-electron chi connectivity index (χ1n) is 7.83. The van der Waals surface area contributed by atoms with Crippen LogP contribution in [0.4, 0.5) is 0 Å². The number of hydrogen-bond donors (Lipinski definition) is 2. The summed E-state index contributed by atoms with van der Waals surface area (Å²) < 4.78 is 10.7. The molecule has 1 aromatic rings. The number of nitrogens with one attached hydrogen (secondary N) is 2. The second kappa shape index (κ2) is 5.62. The van der Waals surface area contributed by atoms with E-state index in [0.717, 1.165) is 12.8 Å². The number of nitrogens with zero attached hydrogens (tertiary/aromatic N) is 2. The van der Waals surface area contributed by atoms with Gasteiger partial charge in [0.15, 0.2) is 5.82 Å².